The average Bonchev–Trinajstić information content (AvgIpc) is 2.72. The molecule has 0 N–H and O–H groups in total. The summed E-state index contributed by atoms with van der Waals surface area (Å²) in [6.45, 7) is 9.20. The number of likely N-dealkylation sites (N-methyl/N-ethyl adjacent to an activating group) is 1. The van der Waals surface area contributed by atoms with Crippen molar-refractivity contribution in [2.45, 2.75) is 45.2 Å². The van der Waals surface area contributed by atoms with Crippen LogP contribution in [0.2, 0.25) is 0 Å². The molecule has 6 nitrogen and oxygen atoms in total. The van der Waals surface area contributed by atoms with Crippen LogP contribution in [0.5, 0.6) is 0 Å². The van der Waals surface area contributed by atoms with Crippen LogP contribution in [-0.4, -0.2) is 96.9 Å². The number of amides is 2. The summed E-state index contributed by atoms with van der Waals surface area (Å²) >= 11 is 0. The van der Waals surface area contributed by atoms with Gasteiger partial charge in [-0.25, -0.2) is 0 Å². The second kappa shape index (κ2) is 8.11. The Morgan fingerprint density at radius 2 is 1.87 bits per heavy atom. The summed E-state index contributed by atoms with van der Waals surface area (Å²) in [4.78, 5) is 32.9. The van der Waals surface area contributed by atoms with E-state index in [-0.39, 0.29) is 18.0 Å². The highest BCUT2D eigenvalue weighted by Crippen LogP contribution is 2.20. The SMILES string of the molecule is CC(C)N1CCC[C@@H](N2CCCN(CC(=O)N(C)C)CC2)C1=O. The van der Waals surface area contributed by atoms with Gasteiger partial charge in [-0.05, 0) is 39.7 Å². The van der Waals surface area contributed by atoms with Crippen LogP contribution in [0, 0.1) is 0 Å². The quantitative estimate of drug-likeness (QED) is 0.755. The molecule has 6 heteroatoms. The number of piperidine rings is 1. The van der Waals surface area contributed by atoms with E-state index in [4.69, 9.17) is 0 Å². The van der Waals surface area contributed by atoms with Gasteiger partial charge in [0.15, 0.2) is 0 Å². The van der Waals surface area contributed by atoms with Crippen LogP contribution >= 0.6 is 0 Å². The Bertz CT molecular complexity index is 425. The molecule has 0 radical (unpaired) electrons. The number of nitrogens with zero attached hydrogens (tertiary/aromatic N) is 4. The van der Waals surface area contributed by atoms with Crippen LogP contribution in [0.3, 0.4) is 0 Å². The minimum atomic E-state index is 0.0376. The van der Waals surface area contributed by atoms with Crippen LogP contribution in [0.4, 0.5) is 0 Å². The first-order chi connectivity index (χ1) is 10.9. The minimum Gasteiger partial charge on any atom is -0.348 e. The Labute approximate surface area is 140 Å². The third kappa shape index (κ3) is 4.67. The molecule has 0 saturated carbocycles. The molecular formula is C17H32N4O2. The molecule has 23 heavy (non-hydrogen) atoms. The zero-order chi connectivity index (χ0) is 17.0. The van der Waals surface area contributed by atoms with Crippen molar-refractivity contribution in [1.29, 1.82) is 0 Å². The summed E-state index contributed by atoms with van der Waals surface area (Å²) in [6, 6.07) is 0.321. The van der Waals surface area contributed by atoms with Gasteiger partial charge in [0, 0.05) is 46.3 Å². The summed E-state index contributed by atoms with van der Waals surface area (Å²) in [5.74, 6) is 0.447. The maximum Gasteiger partial charge on any atom is 0.240 e. The van der Waals surface area contributed by atoms with Crippen molar-refractivity contribution in [3.8, 4) is 0 Å². The lowest BCUT2D eigenvalue weighted by molar-refractivity contribution is -0.142. The molecule has 0 unspecified atom stereocenters. The monoisotopic (exact) mass is 324 g/mol. The molecule has 2 aliphatic heterocycles. The predicted octanol–water partition coefficient (Wildman–Crippen LogP) is 0.482. The van der Waals surface area contributed by atoms with E-state index in [1.807, 2.05) is 4.90 Å². The van der Waals surface area contributed by atoms with Crippen molar-refractivity contribution >= 4 is 11.8 Å². The Morgan fingerprint density at radius 1 is 1.13 bits per heavy atom. The summed E-state index contributed by atoms with van der Waals surface area (Å²) in [5.41, 5.74) is 0. The van der Waals surface area contributed by atoms with Crippen molar-refractivity contribution in [3.05, 3.63) is 0 Å². The topological polar surface area (TPSA) is 47.1 Å². The van der Waals surface area contributed by atoms with E-state index < -0.39 is 0 Å². The molecule has 0 spiro atoms. The summed E-state index contributed by atoms with van der Waals surface area (Å²) in [5, 5.41) is 0. The number of carbonyl (C=O) groups is 2. The van der Waals surface area contributed by atoms with Crippen LogP contribution < -0.4 is 0 Å². The summed E-state index contributed by atoms with van der Waals surface area (Å²) in [6.07, 6.45) is 3.08. The van der Waals surface area contributed by atoms with Gasteiger partial charge in [-0.1, -0.05) is 0 Å². The fourth-order valence-electron chi connectivity index (χ4n) is 3.52. The molecule has 2 saturated heterocycles. The molecule has 2 aliphatic rings. The van der Waals surface area contributed by atoms with Gasteiger partial charge in [-0.15, -0.1) is 0 Å². The van der Waals surface area contributed by atoms with Crippen LogP contribution in [0.15, 0.2) is 0 Å². The van der Waals surface area contributed by atoms with E-state index in [0.717, 1.165) is 52.0 Å². The third-order valence-electron chi connectivity index (χ3n) is 4.99. The molecule has 2 rings (SSSR count). The molecule has 0 bridgehead atoms. The molecule has 0 aromatic rings. The highest BCUT2D eigenvalue weighted by Gasteiger charge is 2.34. The molecule has 2 fully saturated rings. The Kier molecular flexibility index (Phi) is 6.41. The predicted molar refractivity (Wildman–Crippen MR) is 91.2 cm³/mol. The van der Waals surface area contributed by atoms with E-state index >= 15 is 0 Å². The lowest BCUT2D eigenvalue weighted by Crippen LogP contribution is -2.55. The van der Waals surface area contributed by atoms with Crippen molar-refractivity contribution in [1.82, 2.24) is 19.6 Å². The Balaban J connectivity index is 1.92. The van der Waals surface area contributed by atoms with E-state index in [0.29, 0.717) is 12.5 Å². The van der Waals surface area contributed by atoms with Gasteiger partial charge in [-0.2, -0.15) is 0 Å². The zero-order valence-corrected chi connectivity index (χ0v) is 15.1. The highest BCUT2D eigenvalue weighted by molar-refractivity contribution is 5.83. The van der Waals surface area contributed by atoms with Crippen molar-refractivity contribution < 1.29 is 9.59 Å². The van der Waals surface area contributed by atoms with Crippen molar-refractivity contribution in [3.63, 3.8) is 0 Å². The van der Waals surface area contributed by atoms with Crippen molar-refractivity contribution in [2.75, 3.05) is 53.4 Å². The van der Waals surface area contributed by atoms with E-state index in [1.54, 1.807) is 19.0 Å². The molecule has 0 aromatic carbocycles. The smallest absolute Gasteiger partial charge is 0.240 e. The molecule has 2 heterocycles. The van der Waals surface area contributed by atoms with Gasteiger partial charge < -0.3 is 9.80 Å². The van der Waals surface area contributed by atoms with Gasteiger partial charge in [0.2, 0.25) is 11.8 Å². The first kappa shape index (κ1) is 18.2. The van der Waals surface area contributed by atoms with Crippen molar-refractivity contribution in [2.24, 2.45) is 0 Å². The summed E-state index contributed by atoms with van der Waals surface area (Å²) in [7, 11) is 3.60. The first-order valence-electron chi connectivity index (χ1n) is 8.87. The number of likely N-dealkylation sites (tertiary alicyclic amines) is 1. The maximum absolute atomic E-state index is 12.7. The second-order valence-corrected chi connectivity index (χ2v) is 7.24. The van der Waals surface area contributed by atoms with Gasteiger partial charge in [-0.3, -0.25) is 19.4 Å². The number of hydrogen-bond acceptors (Lipinski definition) is 4. The van der Waals surface area contributed by atoms with Crippen LogP contribution in [-0.2, 0) is 9.59 Å². The van der Waals surface area contributed by atoms with E-state index in [9.17, 15) is 9.59 Å². The number of rotatable bonds is 4. The first-order valence-corrected chi connectivity index (χ1v) is 8.87. The minimum absolute atomic E-state index is 0.0376. The van der Waals surface area contributed by atoms with E-state index in [2.05, 4.69) is 23.6 Å². The lowest BCUT2D eigenvalue weighted by atomic mass is 10.0. The molecule has 132 valence electrons. The summed E-state index contributed by atoms with van der Waals surface area (Å²) < 4.78 is 0. The molecule has 1 atom stereocenters. The largest absolute Gasteiger partial charge is 0.348 e. The van der Waals surface area contributed by atoms with E-state index in [1.165, 1.54) is 0 Å². The number of hydrogen-bond donors (Lipinski definition) is 0. The Morgan fingerprint density at radius 3 is 2.52 bits per heavy atom. The fraction of sp³-hybridized carbons (Fsp3) is 0.882. The maximum atomic E-state index is 12.7. The highest BCUT2D eigenvalue weighted by atomic mass is 16.2. The standard InChI is InChI=1S/C17H32N4O2/c1-14(2)21-10-5-7-15(17(21)23)20-9-6-8-19(11-12-20)13-16(22)18(3)4/h14-15H,5-13H2,1-4H3/t15-/m1/s1. The zero-order valence-electron chi connectivity index (χ0n) is 15.1. The van der Waals surface area contributed by atoms with Crippen LogP contribution in [0.1, 0.15) is 33.1 Å². The normalized spacial score (nSPS) is 24.8. The number of carbonyl (C=O) groups excluding carboxylic acids is 2. The molecule has 2 amide bonds. The third-order valence-corrected chi connectivity index (χ3v) is 4.99. The molecule has 0 aromatic heterocycles. The Hall–Kier alpha value is -1.14. The fourth-order valence-corrected chi connectivity index (χ4v) is 3.52. The molecular weight excluding hydrogens is 292 g/mol. The van der Waals surface area contributed by atoms with Gasteiger partial charge >= 0.3 is 0 Å². The second-order valence-electron chi connectivity index (χ2n) is 7.24. The average molecular weight is 324 g/mol. The van der Waals surface area contributed by atoms with Gasteiger partial charge in [0.25, 0.3) is 0 Å². The lowest BCUT2D eigenvalue weighted by Gasteiger charge is -2.40. The molecule has 0 aliphatic carbocycles. The van der Waals surface area contributed by atoms with Gasteiger partial charge in [0.05, 0.1) is 12.6 Å². The van der Waals surface area contributed by atoms with Gasteiger partial charge in [0.1, 0.15) is 0 Å². The van der Waals surface area contributed by atoms with Crippen LogP contribution in [0.25, 0.3) is 0 Å².